The zero-order valence-corrected chi connectivity index (χ0v) is 14.7. The summed E-state index contributed by atoms with van der Waals surface area (Å²) >= 11 is 0. The molecule has 0 heterocycles. The van der Waals surface area contributed by atoms with Crippen LogP contribution >= 0.6 is 0 Å². The second-order valence-corrected chi connectivity index (χ2v) is 5.90. The molecule has 4 heteroatoms. The maximum absolute atomic E-state index is 12.2. The lowest BCUT2D eigenvalue weighted by Gasteiger charge is -2.19. The number of benzene rings is 2. The summed E-state index contributed by atoms with van der Waals surface area (Å²) < 4.78 is 5.26. The Kier molecular flexibility index (Phi) is 6.67. The van der Waals surface area contributed by atoms with E-state index < -0.39 is 0 Å². The van der Waals surface area contributed by atoms with Crippen LogP contribution in [0.4, 0.5) is 5.69 Å². The smallest absolute Gasteiger partial charge is 0.251 e. The quantitative estimate of drug-likeness (QED) is 0.753. The summed E-state index contributed by atoms with van der Waals surface area (Å²) in [5.41, 5.74) is 2.88. The number of ether oxygens (including phenoxy) is 1. The number of nitrogens with zero attached hydrogens (tertiary/aromatic N) is 1. The minimum Gasteiger partial charge on any atom is -0.496 e. The van der Waals surface area contributed by atoms with Gasteiger partial charge in [0, 0.05) is 31.4 Å². The number of rotatable bonds is 8. The van der Waals surface area contributed by atoms with Crippen molar-refractivity contribution in [1.29, 1.82) is 0 Å². The van der Waals surface area contributed by atoms with Gasteiger partial charge in [-0.2, -0.15) is 0 Å². The zero-order valence-electron chi connectivity index (χ0n) is 14.7. The SMILES string of the molecule is COc1cc(C(=O)NCCCCN(C)c2ccccc2)ccc1C. The highest BCUT2D eigenvalue weighted by atomic mass is 16.5. The van der Waals surface area contributed by atoms with Crippen molar-refractivity contribution in [2.24, 2.45) is 0 Å². The number of carbonyl (C=O) groups is 1. The average molecular weight is 326 g/mol. The molecule has 2 aromatic carbocycles. The van der Waals surface area contributed by atoms with Gasteiger partial charge in [-0.15, -0.1) is 0 Å². The number of aryl methyl sites for hydroxylation is 1. The largest absolute Gasteiger partial charge is 0.496 e. The number of methoxy groups -OCH3 is 1. The fourth-order valence-corrected chi connectivity index (χ4v) is 2.55. The molecule has 0 radical (unpaired) electrons. The second-order valence-electron chi connectivity index (χ2n) is 5.90. The lowest BCUT2D eigenvalue weighted by molar-refractivity contribution is 0.0952. The molecule has 2 rings (SSSR count). The van der Waals surface area contributed by atoms with Crippen LogP contribution in [0.3, 0.4) is 0 Å². The summed E-state index contributed by atoms with van der Waals surface area (Å²) in [6.45, 7) is 3.61. The van der Waals surface area contributed by atoms with Crippen LogP contribution in [0.5, 0.6) is 5.75 Å². The van der Waals surface area contributed by atoms with Gasteiger partial charge in [-0.25, -0.2) is 0 Å². The number of amides is 1. The first-order valence-corrected chi connectivity index (χ1v) is 8.31. The van der Waals surface area contributed by atoms with E-state index in [4.69, 9.17) is 4.74 Å². The Hall–Kier alpha value is -2.49. The van der Waals surface area contributed by atoms with Gasteiger partial charge < -0.3 is 15.0 Å². The van der Waals surface area contributed by atoms with Gasteiger partial charge in [0.1, 0.15) is 5.75 Å². The van der Waals surface area contributed by atoms with Crippen molar-refractivity contribution in [2.75, 3.05) is 32.1 Å². The summed E-state index contributed by atoms with van der Waals surface area (Å²) in [5.74, 6) is 0.692. The van der Waals surface area contributed by atoms with E-state index >= 15 is 0 Å². The molecule has 24 heavy (non-hydrogen) atoms. The summed E-state index contributed by atoms with van der Waals surface area (Å²) in [4.78, 5) is 14.4. The molecule has 0 aromatic heterocycles. The molecular weight excluding hydrogens is 300 g/mol. The Balaban J connectivity index is 1.71. The van der Waals surface area contributed by atoms with Gasteiger partial charge in [-0.3, -0.25) is 4.79 Å². The number of hydrogen-bond acceptors (Lipinski definition) is 3. The predicted molar refractivity (Wildman–Crippen MR) is 99.0 cm³/mol. The lowest BCUT2D eigenvalue weighted by Crippen LogP contribution is -2.25. The molecule has 0 fully saturated rings. The third kappa shape index (κ3) is 5.01. The fraction of sp³-hybridized carbons (Fsp3) is 0.350. The maximum atomic E-state index is 12.2. The van der Waals surface area contributed by atoms with Gasteiger partial charge in [0.05, 0.1) is 7.11 Å². The van der Waals surface area contributed by atoms with Crippen molar-refractivity contribution in [2.45, 2.75) is 19.8 Å². The van der Waals surface area contributed by atoms with E-state index in [0.717, 1.165) is 30.7 Å². The molecule has 1 amide bonds. The number of para-hydroxylation sites is 1. The van der Waals surface area contributed by atoms with E-state index in [1.165, 1.54) is 5.69 Å². The number of anilines is 1. The van der Waals surface area contributed by atoms with Crippen molar-refractivity contribution in [3.8, 4) is 5.75 Å². The first kappa shape index (κ1) is 17.9. The zero-order chi connectivity index (χ0) is 17.4. The van der Waals surface area contributed by atoms with Gasteiger partial charge in [-0.05, 0) is 49.6 Å². The van der Waals surface area contributed by atoms with E-state index in [1.807, 2.05) is 37.3 Å². The molecule has 0 spiro atoms. The van der Waals surface area contributed by atoms with Gasteiger partial charge >= 0.3 is 0 Å². The van der Waals surface area contributed by atoms with Crippen LogP contribution in [-0.4, -0.2) is 33.2 Å². The third-order valence-corrected chi connectivity index (χ3v) is 4.07. The topological polar surface area (TPSA) is 41.6 Å². The van der Waals surface area contributed by atoms with E-state index in [9.17, 15) is 4.79 Å². The minimum atomic E-state index is -0.0512. The minimum absolute atomic E-state index is 0.0512. The standard InChI is InChI=1S/C20H26N2O2/c1-16-11-12-17(15-19(16)24-3)20(23)21-13-7-8-14-22(2)18-9-5-4-6-10-18/h4-6,9-12,15H,7-8,13-14H2,1-3H3,(H,21,23). The highest BCUT2D eigenvalue weighted by Gasteiger charge is 2.08. The Morgan fingerprint density at radius 3 is 2.58 bits per heavy atom. The Labute approximate surface area is 144 Å². The Morgan fingerprint density at radius 1 is 1.12 bits per heavy atom. The number of nitrogens with one attached hydrogen (secondary N) is 1. The van der Waals surface area contributed by atoms with Crippen molar-refractivity contribution in [3.05, 3.63) is 59.7 Å². The van der Waals surface area contributed by atoms with Crippen LogP contribution in [0.25, 0.3) is 0 Å². The van der Waals surface area contributed by atoms with Crippen molar-refractivity contribution in [1.82, 2.24) is 5.32 Å². The van der Waals surface area contributed by atoms with E-state index in [2.05, 4.69) is 29.4 Å². The Bertz CT molecular complexity index is 656. The van der Waals surface area contributed by atoms with Crippen LogP contribution in [0, 0.1) is 6.92 Å². The maximum Gasteiger partial charge on any atom is 0.251 e. The highest BCUT2D eigenvalue weighted by Crippen LogP contribution is 2.18. The molecule has 0 aliphatic rings. The van der Waals surface area contributed by atoms with Gasteiger partial charge in [-0.1, -0.05) is 24.3 Å². The molecular formula is C20H26N2O2. The van der Waals surface area contributed by atoms with Crippen molar-refractivity contribution >= 4 is 11.6 Å². The number of carbonyl (C=O) groups excluding carboxylic acids is 1. The van der Waals surface area contributed by atoms with Crippen LogP contribution < -0.4 is 15.0 Å². The van der Waals surface area contributed by atoms with Crippen LogP contribution in [-0.2, 0) is 0 Å². The first-order chi connectivity index (χ1) is 11.6. The molecule has 2 aromatic rings. The van der Waals surface area contributed by atoms with Crippen LogP contribution in [0.1, 0.15) is 28.8 Å². The number of hydrogen-bond donors (Lipinski definition) is 1. The Morgan fingerprint density at radius 2 is 1.88 bits per heavy atom. The molecule has 0 aliphatic heterocycles. The van der Waals surface area contributed by atoms with Crippen LogP contribution in [0.15, 0.2) is 48.5 Å². The van der Waals surface area contributed by atoms with E-state index in [-0.39, 0.29) is 5.91 Å². The monoisotopic (exact) mass is 326 g/mol. The summed E-state index contributed by atoms with van der Waals surface area (Å²) in [7, 11) is 3.71. The molecule has 0 bridgehead atoms. The van der Waals surface area contributed by atoms with Gasteiger partial charge in [0.2, 0.25) is 0 Å². The highest BCUT2D eigenvalue weighted by molar-refractivity contribution is 5.94. The van der Waals surface area contributed by atoms with Crippen molar-refractivity contribution in [3.63, 3.8) is 0 Å². The first-order valence-electron chi connectivity index (χ1n) is 8.31. The molecule has 0 atom stereocenters. The molecule has 0 unspecified atom stereocenters. The lowest BCUT2D eigenvalue weighted by atomic mass is 10.1. The molecule has 0 saturated carbocycles. The molecule has 4 nitrogen and oxygen atoms in total. The van der Waals surface area contributed by atoms with E-state index in [0.29, 0.717) is 12.1 Å². The predicted octanol–water partition coefficient (Wildman–Crippen LogP) is 3.65. The molecule has 0 aliphatic carbocycles. The van der Waals surface area contributed by atoms with Crippen LogP contribution in [0.2, 0.25) is 0 Å². The second kappa shape index (κ2) is 8.96. The average Bonchev–Trinajstić information content (AvgIpc) is 2.62. The van der Waals surface area contributed by atoms with Gasteiger partial charge in [0.15, 0.2) is 0 Å². The fourth-order valence-electron chi connectivity index (χ4n) is 2.55. The molecule has 128 valence electrons. The van der Waals surface area contributed by atoms with E-state index in [1.54, 1.807) is 13.2 Å². The summed E-state index contributed by atoms with van der Waals surface area (Å²) in [6, 6.07) is 15.8. The number of unbranched alkanes of at least 4 members (excludes halogenated alkanes) is 1. The van der Waals surface area contributed by atoms with Crippen molar-refractivity contribution < 1.29 is 9.53 Å². The molecule has 1 N–H and O–H groups in total. The van der Waals surface area contributed by atoms with Gasteiger partial charge in [0.25, 0.3) is 5.91 Å². The normalized spacial score (nSPS) is 10.3. The summed E-state index contributed by atoms with van der Waals surface area (Å²) in [5, 5.41) is 2.97. The molecule has 0 saturated heterocycles. The third-order valence-electron chi connectivity index (χ3n) is 4.07. The summed E-state index contributed by atoms with van der Waals surface area (Å²) in [6.07, 6.45) is 1.98.